The second-order valence-corrected chi connectivity index (χ2v) is 7.27. The van der Waals surface area contributed by atoms with Gasteiger partial charge in [0.2, 0.25) is 5.88 Å². The number of aliphatic hydroxyl groups is 1. The third-order valence-corrected chi connectivity index (χ3v) is 5.60. The number of carbonyl (C=O) groups is 2. The Labute approximate surface area is 149 Å². The summed E-state index contributed by atoms with van der Waals surface area (Å²) in [5, 5.41) is 12.7. The van der Waals surface area contributed by atoms with Crippen molar-refractivity contribution in [3.05, 3.63) is 45.8 Å². The van der Waals surface area contributed by atoms with Crippen molar-refractivity contribution < 1.29 is 19.4 Å². The maximum Gasteiger partial charge on any atom is 0.261 e. The van der Waals surface area contributed by atoms with Crippen LogP contribution < -0.4 is 10.1 Å². The number of rotatable bonds is 6. The molecule has 2 aromatic heterocycles. The molecule has 1 fully saturated rings. The fourth-order valence-electron chi connectivity index (χ4n) is 2.93. The summed E-state index contributed by atoms with van der Waals surface area (Å²) in [6, 6.07) is 6.71. The van der Waals surface area contributed by atoms with Crippen LogP contribution in [0.4, 0.5) is 0 Å². The van der Waals surface area contributed by atoms with Gasteiger partial charge in [-0.25, -0.2) is 4.98 Å². The lowest BCUT2D eigenvalue weighted by Gasteiger charge is -2.38. The summed E-state index contributed by atoms with van der Waals surface area (Å²) in [5.74, 6) is 0.384. The van der Waals surface area contributed by atoms with Crippen LogP contribution in [-0.2, 0) is 0 Å². The van der Waals surface area contributed by atoms with E-state index in [9.17, 15) is 14.7 Å². The highest BCUT2D eigenvalue weighted by Crippen LogP contribution is 2.38. The predicted octanol–water partition coefficient (Wildman–Crippen LogP) is 2.60. The van der Waals surface area contributed by atoms with E-state index >= 15 is 0 Å². The summed E-state index contributed by atoms with van der Waals surface area (Å²) in [7, 11) is 1.55. The Hall–Kier alpha value is -2.25. The van der Waals surface area contributed by atoms with Crippen LogP contribution in [0.15, 0.2) is 30.5 Å². The molecule has 1 aliphatic carbocycles. The minimum atomic E-state index is -0.318. The predicted molar refractivity (Wildman–Crippen MR) is 94.1 cm³/mol. The summed E-state index contributed by atoms with van der Waals surface area (Å²) in [6.07, 6.45) is 2.64. The van der Waals surface area contributed by atoms with Gasteiger partial charge in [0.15, 0.2) is 5.78 Å². The lowest BCUT2D eigenvalue weighted by molar-refractivity contribution is 0.0235. The zero-order valence-corrected chi connectivity index (χ0v) is 14.9. The van der Waals surface area contributed by atoms with E-state index in [0.29, 0.717) is 28.5 Å². The van der Waals surface area contributed by atoms with Gasteiger partial charge < -0.3 is 15.2 Å². The Morgan fingerprint density at radius 2 is 2.00 bits per heavy atom. The van der Waals surface area contributed by atoms with Crippen LogP contribution in [0, 0.1) is 5.92 Å². The number of amides is 1. The van der Waals surface area contributed by atoms with Crippen LogP contribution in [-0.4, -0.2) is 35.0 Å². The van der Waals surface area contributed by atoms with Crippen molar-refractivity contribution >= 4 is 23.0 Å². The van der Waals surface area contributed by atoms with Crippen molar-refractivity contribution in [3.63, 3.8) is 0 Å². The highest BCUT2D eigenvalue weighted by molar-refractivity contribution is 7.15. The van der Waals surface area contributed by atoms with E-state index in [2.05, 4.69) is 10.3 Å². The number of hydrogen-bond donors (Lipinski definition) is 2. The van der Waals surface area contributed by atoms with Gasteiger partial charge in [0.25, 0.3) is 5.91 Å². The topological polar surface area (TPSA) is 88.5 Å². The minimum Gasteiger partial charge on any atom is -0.481 e. The summed E-state index contributed by atoms with van der Waals surface area (Å²) in [6.45, 7) is 1.48. The van der Waals surface area contributed by atoms with Gasteiger partial charge in [-0.15, -0.1) is 11.3 Å². The molecular formula is C18H20N2O4S. The van der Waals surface area contributed by atoms with Crippen molar-refractivity contribution in [2.45, 2.75) is 31.9 Å². The average molecular weight is 360 g/mol. The van der Waals surface area contributed by atoms with E-state index in [1.165, 1.54) is 18.3 Å². The largest absolute Gasteiger partial charge is 0.481 e. The van der Waals surface area contributed by atoms with Crippen LogP contribution in [0.5, 0.6) is 5.88 Å². The average Bonchev–Trinajstić information content (AvgIpc) is 3.08. The summed E-state index contributed by atoms with van der Waals surface area (Å²) < 4.78 is 5.07. The summed E-state index contributed by atoms with van der Waals surface area (Å²) in [5.41, 5.74) is 0.870. The fraction of sp³-hybridized carbons (Fsp3) is 0.389. The van der Waals surface area contributed by atoms with E-state index < -0.39 is 0 Å². The molecule has 7 heteroatoms. The van der Waals surface area contributed by atoms with E-state index in [0.717, 1.165) is 5.56 Å². The summed E-state index contributed by atoms with van der Waals surface area (Å²) >= 11 is 1.18. The lowest BCUT2D eigenvalue weighted by atomic mass is 9.75. The molecule has 2 heterocycles. The maximum atomic E-state index is 12.6. The summed E-state index contributed by atoms with van der Waals surface area (Å²) in [4.78, 5) is 29.3. The molecule has 6 nitrogen and oxygen atoms in total. The monoisotopic (exact) mass is 360 g/mol. The number of methoxy groups -OCH3 is 1. The number of nitrogens with zero attached hydrogens (tertiary/aromatic N) is 1. The number of pyridine rings is 1. The van der Waals surface area contributed by atoms with Gasteiger partial charge in [0.1, 0.15) is 0 Å². The second-order valence-electron chi connectivity index (χ2n) is 6.19. The first-order valence-corrected chi connectivity index (χ1v) is 8.89. The molecule has 0 radical (unpaired) electrons. The number of thiophene rings is 1. The zero-order valence-electron chi connectivity index (χ0n) is 14.1. The first-order valence-electron chi connectivity index (χ1n) is 8.07. The smallest absolute Gasteiger partial charge is 0.261 e. The first kappa shape index (κ1) is 17.6. The molecule has 0 bridgehead atoms. The van der Waals surface area contributed by atoms with Gasteiger partial charge in [-0.1, -0.05) is 6.07 Å². The Kier molecular flexibility index (Phi) is 5.15. The SMILES string of the molecule is COc1ccc([C@@H](NC(=O)c2ccc(C(C)=O)s2)C2CC(O)C2)cn1. The van der Waals surface area contributed by atoms with Crippen molar-refractivity contribution in [3.8, 4) is 5.88 Å². The van der Waals surface area contributed by atoms with E-state index in [4.69, 9.17) is 4.74 Å². The first-order chi connectivity index (χ1) is 12.0. The number of nitrogens with one attached hydrogen (secondary N) is 1. The molecule has 2 aromatic rings. The van der Waals surface area contributed by atoms with Crippen LogP contribution in [0.25, 0.3) is 0 Å². The molecule has 132 valence electrons. The zero-order chi connectivity index (χ0) is 18.0. The highest BCUT2D eigenvalue weighted by atomic mass is 32.1. The van der Waals surface area contributed by atoms with Crippen molar-refractivity contribution in [1.82, 2.24) is 10.3 Å². The number of carbonyl (C=O) groups excluding carboxylic acids is 2. The Bertz CT molecular complexity index is 766. The number of ketones is 1. The lowest BCUT2D eigenvalue weighted by Crippen LogP contribution is -2.41. The third kappa shape index (κ3) is 3.88. The molecule has 25 heavy (non-hydrogen) atoms. The number of aliphatic hydroxyl groups excluding tert-OH is 1. The number of Topliss-reactive ketones (excluding diaryl/α,β-unsaturated/α-hetero) is 1. The molecule has 2 N–H and O–H groups in total. The molecule has 1 saturated carbocycles. The van der Waals surface area contributed by atoms with Crippen LogP contribution in [0.3, 0.4) is 0 Å². The molecule has 0 saturated heterocycles. The second kappa shape index (κ2) is 7.33. The van der Waals surface area contributed by atoms with Gasteiger partial charge >= 0.3 is 0 Å². The molecule has 3 rings (SSSR count). The normalized spacial score (nSPS) is 20.4. The van der Waals surface area contributed by atoms with E-state index in [-0.39, 0.29) is 29.8 Å². The van der Waals surface area contributed by atoms with Gasteiger partial charge in [-0.3, -0.25) is 9.59 Å². The quantitative estimate of drug-likeness (QED) is 0.773. The van der Waals surface area contributed by atoms with E-state index in [1.807, 2.05) is 6.07 Å². The molecule has 1 amide bonds. The Balaban J connectivity index is 1.79. The maximum absolute atomic E-state index is 12.6. The third-order valence-electron chi connectivity index (χ3n) is 4.41. The Morgan fingerprint density at radius 3 is 2.52 bits per heavy atom. The van der Waals surface area contributed by atoms with Crippen molar-refractivity contribution in [2.75, 3.05) is 7.11 Å². The highest BCUT2D eigenvalue weighted by Gasteiger charge is 2.36. The van der Waals surface area contributed by atoms with Gasteiger partial charge in [-0.05, 0) is 43.4 Å². The van der Waals surface area contributed by atoms with Crippen LogP contribution in [0.1, 0.15) is 50.7 Å². The standard InChI is InChI=1S/C18H20N2O4S/c1-10(21)14-4-5-15(25-14)18(23)20-17(12-7-13(22)8-12)11-3-6-16(24-2)19-9-11/h3-6,9,12-13,17,22H,7-8H2,1-2H3,(H,20,23)/t12?,13?,17-/m1/s1. The molecule has 0 unspecified atom stereocenters. The van der Waals surface area contributed by atoms with Crippen molar-refractivity contribution in [2.24, 2.45) is 5.92 Å². The molecule has 1 aliphatic rings. The Morgan fingerprint density at radius 1 is 1.28 bits per heavy atom. The number of aromatic nitrogens is 1. The molecule has 0 aromatic carbocycles. The fourth-order valence-corrected chi connectivity index (χ4v) is 3.74. The van der Waals surface area contributed by atoms with Crippen LogP contribution >= 0.6 is 11.3 Å². The molecule has 0 aliphatic heterocycles. The number of ether oxygens (including phenoxy) is 1. The molecule has 0 spiro atoms. The number of hydrogen-bond acceptors (Lipinski definition) is 6. The van der Waals surface area contributed by atoms with Gasteiger partial charge in [0, 0.05) is 12.3 Å². The molecule has 1 atom stereocenters. The van der Waals surface area contributed by atoms with Crippen molar-refractivity contribution in [1.29, 1.82) is 0 Å². The van der Waals surface area contributed by atoms with Crippen LogP contribution in [0.2, 0.25) is 0 Å². The minimum absolute atomic E-state index is 0.0536. The van der Waals surface area contributed by atoms with Gasteiger partial charge in [0.05, 0.1) is 29.0 Å². The molecular weight excluding hydrogens is 340 g/mol. The van der Waals surface area contributed by atoms with Gasteiger partial charge in [-0.2, -0.15) is 0 Å². The van der Waals surface area contributed by atoms with E-state index in [1.54, 1.807) is 31.5 Å².